The standard InChI is InChI=1S/C15H12O3/c1-3-11-8(2)12-13(16)9-6-4-5-7-10(9)14(17)15(12)18-11/h4-7H,3H2,1-2H3. The maximum atomic E-state index is 12.4. The topological polar surface area (TPSA) is 47.3 Å². The second kappa shape index (κ2) is 3.67. The highest BCUT2D eigenvalue weighted by molar-refractivity contribution is 6.27. The molecule has 1 aromatic carbocycles. The Morgan fingerprint density at radius 1 is 1.06 bits per heavy atom. The molecule has 0 unspecified atom stereocenters. The van der Waals surface area contributed by atoms with Crippen LogP contribution in [-0.2, 0) is 6.42 Å². The second-order valence-corrected chi connectivity index (χ2v) is 4.41. The van der Waals surface area contributed by atoms with E-state index in [0.29, 0.717) is 23.1 Å². The molecular formula is C15H12O3. The van der Waals surface area contributed by atoms with E-state index in [-0.39, 0.29) is 17.3 Å². The van der Waals surface area contributed by atoms with Crippen molar-refractivity contribution in [1.82, 2.24) is 0 Å². The summed E-state index contributed by atoms with van der Waals surface area (Å²) in [6.07, 6.45) is 0.676. The Morgan fingerprint density at radius 2 is 1.67 bits per heavy atom. The largest absolute Gasteiger partial charge is 0.456 e. The van der Waals surface area contributed by atoms with Gasteiger partial charge in [-0.2, -0.15) is 0 Å². The average Bonchev–Trinajstić information content (AvgIpc) is 2.73. The summed E-state index contributed by atoms with van der Waals surface area (Å²) in [5.41, 5.74) is 2.14. The Labute approximate surface area is 104 Å². The lowest BCUT2D eigenvalue weighted by molar-refractivity contribution is 0.0959. The summed E-state index contributed by atoms with van der Waals surface area (Å²) in [4.78, 5) is 24.7. The average molecular weight is 240 g/mol. The van der Waals surface area contributed by atoms with Gasteiger partial charge in [0.05, 0.1) is 5.56 Å². The Balaban J connectivity index is 2.32. The first-order chi connectivity index (χ1) is 8.65. The van der Waals surface area contributed by atoms with E-state index in [1.165, 1.54) is 0 Å². The SMILES string of the molecule is CCc1oc2c(c1C)C(=O)c1ccccc1C2=O. The molecule has 90 valence electrons. The number of hydrogen-bond donors (Lipinski definition) is 0. The molecule has 0 radical (unpaired) electrons. The van der Waals surface area contributed by atoms with Crippen LogP contribution in [0.1, 0.15) is 50.3 Å². The maximum Gasteiger partial charge on any atom is 0.229 e. The number of carbonyl (C=O) groups is 2. The van der Waals surface area contributed by atoms with Gasteiger partial charge in [-0.15, -0.1) is 0 Å². The van der Waals surface area contributed by atoms with Crippen LogP contribution >= 0.6 is 0 Å². The minimum atomic E-state index is -0.192. The van der Waals surface area contributed by atoms with Crippen molar-refractivity contribution < 1.29 is 14.0 Å². The van der Waals surface area contributed by atoms with Crippen molar-refractivity contribution in [2.45, 2.75) is 20.3 Å². The van der Waals surface area contributed by atoms with Crippen LogP contribution in [0.4, 0.5) is 0 Å². The third-order valence-electron chi connectivity index (χ3n) is 3.42. The number of furan rings is 1. The van der Waals surface area contributed by atoms with E-state index in [0.717, 1.165) is 11.3 Å². The quantitative estimate of drug-likeness (QED) is 0.657. The molecule has 0 saturated heterocycles. The third-order valence-corrected chi connectivity index (χ3v) is 3.42. The number of benzene rings is 1. The van der Waals surface area contributed by atoms with Gasteiger partial charge < -0.3 is 4.42 Å². The van der Waals surface area contributed by atoms with Crippen LogP contribution < -0.4 is 0 Å². The number of aryl methyl sites for hydroxylation is 1. The number of fused-ring (bicyclic) bond motifs is 2. The molecule has 0 spiro atoms. The summed E-state index contributed by atoms with van der Waals surface area (Å²) in [6, 6.07) is 6.88. The maximum absolute atomic E-state index is 12.4. The van der Waals surface area contributed by atoms with Gasteiger partial charge in [-0.3, -0.25) is 9.59 Å². The lowest BCUT2D eigenvalue weighted by Gasteiger charge is -2.12. The third kappa shape index (κ3) is 1.24. The van der Waals surface area contributed by atoms with E-state index in [4.69, 9.17) is 4.42 Å². The molecule has 0 amide bonds. The summed E-state index contributed by atoms with van der Waals surface area (Å²) >= 11 is 0. The van der Waals surface area contributed by atoms with Gasteiger partial charge in [-0.25, -0.2) is 0 Å². The first kappa shape index (κ1) is 11.0. The van der Waals surface area contributed by atoms with Crippen LogP contribution in [0.25, 0.3) is 0 Å². The lowest BCUT2D eigenvalue weighted by atomic mass is 9.87. The molecule has 0 fully saturated rings. The van der Waals surface area contributed by atoms with E-state index in [2.05, 4.69) is 0 Å². The van der Waals surface area contributed by atoms with Gasteiger partial charge in [0.2, 0.25) is 5.78 Å². The highest BCUT2D eigenvalue weighted by Crippen LogP contribution is 2.32. The van der Waals surface area contributed by atoms with Crippen molar-refractivity contribution in [3.8, 4) is 0 Å². The number of carbonyl (C=O) groups excluding carboxylic acids is 2. The molecule has 3 heteroatoms. The van der Waals surface area contributed by atoms with E-state index in [9.17, 15) is 9.59 Å². The smallest absolute Gasteiger partial charge is 0.229 e. The monoisotopic (exact) mass is 240 g/mol. The van der Waals surface area contributed by atoms with Gasteiger partial charge in [0.1, 0.15) is 5.76 Å². The Morgan fingerprint density at radius 3 is 2.28 bits per heavy atom. The molecule has 1 aromatic heterocycles. The van der Waals surface area contributed by atoms with Gasteiger partial charge in [0.15, 0.2) is 11.5 Å². The Kier molecular flexibility index (Phi) is 2.23. The zero-order valence-electron chi connectivity index (χ0n) is 10.2. The van der Waals surface area contributed by atoms with Crippen LogP contribution in [-0.4, -0.2) is 11.6 Å². The summed E-state index contributed by atoms with van der Waals surface area (Å²) < 4.78 is 5.56. The zero-order chi connectivity index (χ0) is 12.9. The molecule has 0 aliphatic heterocycles. The minimum absolute atomic E-state index is 0.110. The van der Waals surface area contributed by atoms with E-state index >= 15 is 0 Å². The molecule has 0 saturated carbocycles. The molecule has 0 atom stereocenters. The molecule has 3 nitrogen and oxygen atoms in total. The van der Waals surface area contributed by atoms with Gasteiger partial charge in [-0.1, -0.05) is 31.2 Å². The van der Waals surface area contributed by atoms with Gasteiger partial charge >= 0.3 is 0 Å². The Bertz CT molecular complexity index is 677. The summed E-state index contributed by atoms with van der Waals surface area (Å²) in [7, 11) is 0. The first-order valence-electron chi connectivity index (χ1n) is 5.95. The summed E-state index contributed by atoms with van der Waals surface area (Å²) in [5.74, 6) is 0.617. The number of rotatable bonds is 1. The number of ketones is 2. The summed E-state index contributed by atoms with van der Waals surface area (Å²) in [6.45, 7) is 3.78. The molecule has 18 heavy (non-hydrogen) atoms. The van der Waals surface area contributed by atoms with Crippen LogP contribution in [0, 0.1) is 6.92 Å². The molecule has 0 N–H and O–H groups in total. The lowest BCUT2D eigenvalue weighted by Crippen LogP contribution is -2.19. The Hall–Kier alpha value is -2.16. The predicted molar refractivity (Wildman–Crippen MR) is 66.1 cm³/mol. The molecule has 1 aliphatic carbocycles. The molecule has 3 rings (SSSR count). The summed E-state index contributed by atoms with van der Waals surface area (Å²) in [5, 5.41) is 0. The predicted octanol–water partition coefficient (Wildman–Crippen LogP) is 2.93. The van der Waals surface area contributed by atoms with Crippen molar-refractivity contribution in [3.63, 3.8) is 0 Å². The highest BCUT2D eigenvalue weighted by Gasteiger charge is 2.35. The van der Waals surface area contributed by atoms with Crippen molar-refractivity contribution in [1.29, 1.82) is 0 Å². The molecule has 2 aromatic rings. The van der Waals surface area contributed by atoms with Crippen LogP contribution in [0.3, 0.4) is 0 Å². The van der Waals surface area contributed by atoms with Crippen molar-refractivity contribution in [2.75, 3.05) is 0 Å². The van der Waals surface area contributed by atoms with Crippen LogP contribution in [0.2, 0.25) is 0 Å². The van der Waals surface area contributed by atoms with E-state index in [1.807, 2.05) is 13.8 Å². The fourth-order valence-corrected chi connectivity index (χ4v) is 2.47. The molecule has 1 heterocycles. The molecular weight excluding hydrogens is 228 g/mol. The van der Waals surface area contributed by atoms with Crippen LogP contribution in [0.15, 0.2) is 28.7 Å². The van der Waals surface area contributed by atoms with E-state index in [1.54, 1.807) is 24.3 Å². The van der Waals surface area contributed by atoms with Crippen molar-refractivity contribution >= 4 is 11.6 Å². The van der Waals surface area contributed by atoms with E-state index < -0.39 is 0 Å². The normalized spacial score (nSPS) is 13.4. The highest BCUT2D eigenvalue weighted by atomic mass is 16.3. The van der Waals surface area contributed by atoms with Gasteiger partial charge in [-0.05, 0) is 6.92 Å². The van der Waals surface area contributed by atoms with Crippen molar-refractivity contribution in [3.05, 3.63) is 58.0 Å². The first-order valence-corrected chi connectivity index (χ1v) is 5.95. The van der Waals surface area contributed by atoms with Crippen molar-refractivity contribution in [2.24, 2.45) is 0 Å². The van der Waals surface area contributed by atoms with Gasteiger partial charge in [0, 0.05) is 23.1 Å². The molecule has 1 aliphatic rings. The van der Waals surface area contributed by atoms with Gasteiger partial charge in [0.25, 0.3) is 0 Å². The second-order valence-electron chi connectivity index (χ2n) is 4.41. The molecule has 0 bridgehead atoms. The van der Waals surface area contributed by atoms with Crippen LogP contribution in [0.5, 0.6) is 0 Å². The number of hydrogen-bond acceptors (Lipinski definition) is 3. The minimum Gasteiger partial charge on any atom is -0.456 e. The zero-order valence-corrected chi connectivity index (χ0v) is 10.2. The fourth-order valence-electron chi connectivity index (χ4n) is 2.47. The fraction of sp³-hybridized carbons (Fsp3) is 0.200.